The lowest BCUT2D eigenvalue weighted by Crippen LogP contribution is -2.74. The Morgan fingerprint density at radius 3 is 2.11 bits per heavy atom. The topological polar surface area (TPSA) is 159 Å². The number of methoxy groups -OCH3 is 2. The number of piperazine rings is 1. The average Bonchev–Trinajstić information content (AvgIpc) is 3.02. The van der Waals surface area contributed by atoms with Crippen LogP contribution in [0.3, 0.4) is 0 Å². The number of aromatic nitrogens is 1. The number of hydrogen-bond donors (Lipinski definition) is 1. The number of pyridine rings is 1. The van der Waals surface area contributed by atoms with Crippen LogP contribution >= 0.6 is 0 Å². The number of nitrogens with zero attached hydrogens (tertiary/aromatic N) is 4. The van der Waals surface area contributed by atoms with E-state index in [1.54, 1.807) is 32.2 Å². The average molecular weight is 598 g/mol. The Morgan fingerprint density at radius 2 is 1.55 bits per heavy atom. The Balaban J connectivity index is 1.51. The molecule has 44 heavy (non-hydrogen) atoms. The van der Waals surface area contributed by atoms with E-state index < -0.39 is 47.7 Å². The molecule has 6 rings (SSSR count). The summed E-state index contributed by atoms with van der Waals surface area (Å²) in [6, 6.07) is 3.66. The molecule has 0 radical (unpaired) electrons. The van der Waals surface area contributed by atoms with Crippen LogP contribution in [0.25, 0.3) is 0 Å². The lowest BCUT2D eigenvalue weighted by molar-refractivity contribution is -0.125. The van der Waals surface area contributed by atoms with Crippen LogP contribution in [0.15, 0.2) is 69.4 Å². The first-order chi connectivity index (χ1) is 21.1. The first kappa shape index (κ1) is 29.3. The minimum absolute atomic E-state index is 0.0307. The number of ether oxygens (including phenoxy) is 2. The highest BCUT2D eigenvalue weighted by molar-refractivity contribution is 6.26. The third kappa shape index (κ3) is 4.03. The molecule has 1 N–H and O–H groups in total. The van der Waals surface area contributed by atoms with Gasteiger partial charge in [0.2, 0.25) is 11.6 Å². The summed E-state index contributed by atoms with van der Waals surface area (Å²) in [4.78, 5) is 76.1. The zero-order valence-electron chi connectivity index (χ0n) is 25.0. The van der Waals surface area contributed by atoms with Crippen molar-refractivity contribution in [3.63, 3.8) is 0 Å². The zero-order chi connectivity index (χ0) is 31.6. The molecule has 5 atom stereocenters. The van der Waals surface area contributed by atoms with Crippen molar-refractivity contribution in [2.75, 3.05) is 27.8 Å². The van der Waals surface area contributed by atoms with Gasteiger partial charge in [-0.25, -0.2) is 0 Å². The number of hydrogen-bond acceptors (Lipinski definition) is 11. The molecular weight excluding hydrogens is 566 g/mol. The predicted molar refractivity (Wildman–Crippen MR) is 153 cm³/mol. The molecule has 12 nitrogen and oxygen atoms in total. The summed E-state index contributed by atoms with van der Waals surface area (Å²) >= 11 is 0. The number of carbonyl (C=O) groups is 5. The molecule has 12 heteroatoms. The molecule has 226 valence electrons. The van der Waals surface area contributed by atoms with Crippen molar-refractivity contribution >= 4 is 29.0 Å². The van der Waals surface area contributed by atoms with Crippen LogP contribution in [0.4, 0.5) is 0 Å². The quantitative estimate of drug-likeness (QED) is 0.482. The molecule has 0 spiro atoms. The van der Waals surface area contributed by atoms with Gasteiger partial charge in [0, 0.05) is 58.3 Å². The van der Waals surface area contributed by atoms with Gasteiger partial charge in [0.15, 0.2) is 23.1 Å². The van der Waals surface area contributed by atoms with Crippen LogP contribution in [0.1, 0.15) is 37.2 Å². The van der Waals surface area contributed by atoms with Gasteiger partial charge in [-0.2, -0.15) is 5.26 Å². The number of fused-ring (bicyclic) bond motifs is 5. The van der Waals surface area contributed by atoms with E-state index in [2.05, 4.69) is 16.4 Å². The smallest absolute Gasteiger partial charge is 0.269 e. The number of ketones is 4. The number of allylic oxidation sites excluding steroid dienone is 4. The fraction of sp³-hybridized carbons (Fsp3) is 0.406. The van der Waals surface area contributed by atoms with E-state index in [1.807, 2.05) is 9.80 Å². The lowest BCUT2D eigenvalue weighted by Gasteiger charge is -2.60. The van der Waals surface area contributed by atoms with Gasteiger partial charge in [0.05, 0.1) is 32.4 Å². The number of Topliss-reactive ketones (excluding diaryl/α,β-unsaturated/α-hetero) is 4. The second kappa shape index (κ2) is 10.8. The minimum Gasteiger partial charge on any atom is -0.492 e. The first-order valence-electron chi connectivity index (χ1n) is 14.3. The third-order valence-electron chi connectivity index (χ3n) is 9.57. The molecule has 0 aromatic carbocycles. The minimum atomic E-state index is -0.912. The monoisotopic (exact) mass is 597 g/mol. The predicted octanol–water partition coefficient (Wildman–Crippen LogP) is 0.970. The zero-order valence-corrected chi connectivity index (χ0v) is 25.0. The molecule has 1 aromatic rings. The number of rotatable bonds is 5. The van der Waals surface area contributed by atoms with Gasteiger partial charge in [0.1, 0.15) is 11.7 Å². The van der Waals surface area contributed by atoms with Crippen molar-refractivity contribution in [3.05, 3.63) is 75.0 Å². The maximum atomic E-state index is 13.9. The van der Waals surface area contributed by atoms with Crippen molar-refractivity contribution in [1.29, 1.82) is 5.26 Å². The first-order valence-corrected chi connectivity index (χ1v) is 14.3. The van der Waals surface area contributed by atoms with Gasteiger partial charge in [-0.1, -0.05) is 6.07 Å². The molecule has 1 aromatic heterocycles. The van der Waals surface area contributed by atoms with Gasteiger partial charge >= 0.3 is 0 Å². The Labute approximate surface area is 253 Å². The van der Waals surface area contributed by atoms with Gasteiger partial charge in [0.25, 0.3) is 5.91 Å². The summed E-state index contributed by atoms with van der Waals surface area (Å²) in [7, 11) is 4.47. The van der Waals surface area contributed by atoms with Crippen molar-refractivity contribution < 1.29 is 33.4 Å². The molecule has 0 unspecified atom stereocenters. The van der Waals surface area contributed by atoms with E-state index in [4.69, 9.17) is 9.47 Å². The number of carbonyl (C=O) groups excluding carboxylic acids is 5. The summed E-state index contributed by atoms with van der Waals surface area (Å²) < 4.78 is 10.7. The van der Waals surface area contributed by atoms with Crippen LogP contribution in [0.5, 0.6) is 0 Å². The summed E-state index contributed by atoms with van der Waals surface area (Å²) in [6.07, 6.45) is 1.67. The Hall–Kier alpha value is -4.73. The Morgan fingerprint density at radius 1 is 0.955 bits per heavy atom. The van der Waals surface area contributed by atoms with Gasteiger partial charge in [-0.15, -0.1) is 0 Å². The Kier molecular flexibility index (Phi) is 7.18. The van der Waals surface area contributed by atoms with Gasteiger partial charge in [-0.05, 0) is 45.9 Å². The summed E-state index contributed by atoms with van der Waals surface area (Å²) in [6.45, 7) is 2.96. The molecule has 1 saturated heterocycles. The van der Waals surface area contributed by atoms with Crippen molar-refractivity contribution in [2.24, 2.45) is 0 Å². The number of nitrogens with one attached hydrogen (secondary N) is 1. The fourth-order valence-corrected chi connectivity index (χ4v) is 7.59. The molecule has 4 heterocycles. The largest absolute Gasteiger partial charge is 0.492 e. The van der Waals surface area contributed by atoms with Crippen molar-refractivity contribution in [2.45, 2.75) is 56.9 Å². The van der Waals surface area contributed by atoms with Crippen LogP contribution in [-0.2, 0) is 28.7 Å². The normalized spacial score (nSPS) is 28.9. The highest BCUT2D eigenvalue weighted by Gasteiger charge is 2.59. The van der Waals surface area contributed by atoms with E-state index >= 15 is 0 Å². The van der Waals surface area contributed by atoms with E-state index in [0.29, 0.717) is 5.57 Å². The highest BCUT2D eigenvalue weighted by atomic mass is 16.5. The summed E-state index contributed by atoms with van der Waals surface area (Å²) in [5.41, 5.74) is 1.58. The van der Waals surface area contributed by atoms with E-state index in [9.17, 15) is 29.2 Å². The Bertz CT molecular complexity index is 1710. The molecule has 0 saturated carbocycles. The number of nitriles is 1. The van der Waals surface area contributed by atoms with Gasteiger partial charge in [-0.3, -0.25) is 38.8 Å². The standard InChI is InChI=1S/C32H31N5O7/c1-14-26(38)16-11-20-25-24-17(27(39)15(2)31(44-5)29(24)41)10-19(36(25)3)21(12-33)37(20)22(23(16)28(40)30(14)43-4)13-35-32(42)18-8-6-7-9-34-18/h6-9,19-22,25H,10-11,13H2,1-5H3,(H,35,42)/t19-,20-,21-,22-,25-/m0/s1. The fourth-order valence-electron chi connectivity index (χ4n) is 7.59. The SMILES string of the molecule is COC1=C(C)C(=O)C2=C(C1=O)[C@@H]1[C@@H]3CC4=C(C(=O)C(OC)=C(C)C4=O)[C@H](CNC(=O)c4ccccn4)N3[C@@H](C#N)[C@H](C2)N1C. The third-order valence-corrected chi connectivity index (χ3v) is 9.57. The van der Waals surface area contributed by atoms with E-state index in [0.717, 1.165) is 0 Å². The lowest BCUT2D eigenvalue weighted by atomic mass is 9.67. The van der Waals surface area contributed by atoms with Crippen molar-refractivity contribution in [1.82, 2.24) is 20.1 Å². The van der Waals surface area contributed by atoms with Gasteiger partial charge < -0.3 is 14.8 Å². The molecule has 2 bridgehead atoms. The van der Waals surface area contributed by atoms with Crippen LogP contribution < -0.4 is 5.32 Å². The van der Waals surface area contributed by atoms with Crippen LogP contribution in [-0.4, -0.2) is 102 Å². The maximum Gasteiger partial charge on any atom is 0.269 e. The molecule has 3 aliphatic heterocycles. The van der Waals surface area contributed by atoms with Crippen LogP contribution in [0, 0.1) is 11.3 Å². The van der Waals surface area contributed by atoms with Crippen LogP contribution in [0.2, 0.25) is 0 Å². The molecule has 1 fully saturated rings. The molecule has 5 aliphatic rings. The van der Waals surface area contributed by atoms with E-state index in [-0.39, 0.29) is 76.0 Å². The number of amides is 1. The summed E-state index contributed by atoms with van der Waals surface area (Å²) in [5, 5.41) is 13.5. The second-order valence-electron chi connectivity index (χ2n) is 11.5. The molecular formula is C32H31N5O7. The highest BCUT2D eigenvalue weighted by Crippen LogP contribution is 2.49. The maximum absolute atomic E-state index is 13.9. The molecule has 1 amide bonds. The number of likely N-dealkylation sites (N-methyl/N-ethyl adjacent to an activating group) is 1. The van der Waals surface area contributed by atoms with Crippen molar-refractivity contribution in [3.8, 4) is 6.07 Å². The second-order valence-corrected chi connectivity index (χ2v) is 11.5. The molecule has 2 aliphatic carbocycles. The van der Waals surface area contributed by atoms with E-state index in [1.165, 1.54) is 27.3 Å². The summed E-state index contributed by atoms with van der Waals surface area (Å²) in [5.74, 6) is -2.17.